The Bertz CT molecular complexity index is 874. The van der Waals surface area contributed by atoms with Gasteiger partial charge in [0.25, 0.3) is 0 Å². The molecule has 31 heavy (non-hydrogen) atoms. The molecule has 0 unspecified atom stereocenters. The number of phenolic OH excluding ortho intramolecular Hbond substituents is 1. The number of allylic oxidation sites excluding steroid dienone is 2. The van der Waals surface area contributed by atoms with Gasteiger partial charge in [-0.2, -0.15) is 0 Å². The van der Waals surface area contributed by atoms with Gasteiger partial charge >= 0.3 is 0 Å². The molecule has 0 aliphatic carbocycles. The Kier molecular flexibility index (Phi) is 10.3. The Hall–Kier alpha value is -2.75. The van der Waals surface area contributed by atoms with Crippen LogP contribution >= 0.6 is 0 Å². The molecule has 0 saturated heterocycles. The summed E-state index contributed by atoms with van der Waals surface area (Å²) >= 11 is 0. The summed E-state index contributed by atoms with van der Waals surface area (Å²) in [5, 5.41) is 12.0. The Balaban J connectivity index is 0.000000399. The largest absolute Gasteiger partial charge is 0.508 e. The van der Waals surface area contributed by atoms with Gasteiger partial charge in [-0.05, 0) is 79.6 Å². The number of hydrogen-bond donors (Lipinski definition) is 2. The van der Waals surface area contributed by atoms with Crippen molar-refractivity contribution in [1.82, 2.24) is 0 Å². The summed E-state index contributed by atoms with van der Waals surface area (Å²) in [6.07, 6.45) is 3.42. The minimum Gasteiger partial charge on any atom is -0.508 e. The highest BCUT2D eigenvalue weighted by Crippen LogP contribution is 2.37. The van der Waals surface area contributed by atoms with Gasteiger partial charge in [0, 0.05) is 12.6 Å². The van der Waals surface area contributed by atoms with Crippen molar-refractivity contribution >= 4 is 17.0 Å². The number of ketones is 1. The molecule has 0 spiro atoms. The quantitative estimate of drug-likeness (QED) is 0.456. The van der Waals surface area contributed by atoms with Gasteiger partial charge in [0.1, 0.15) is 11.5 Å². The second kappa shape index (κ2) is 12.2. The van der Waals surface area contributed by atoms with Crippen LogP contribution in [0.1, 0.15) is 76.7 Å². The van der Waals surface area contributed by atoms with Crippen LogP contribution in [0, 0.1) is 5.41 Å². The fourth-order valence-electron chi connectivity index (χ4n) is 3.34. The highest BCUT2D eigenvalue weighted by molar-refractivity contribution is 5.94. The number of rotatable bonds is 7. The number of ether oxygens (including phenoxy) is 1. The van der Waals surface area contributed by atoms with Crippen LogP contribution in [0.4, 0.5) is 5.69 Å². The second-order valence-corrected chi connectivity index (χ2v) is 9.01. The normalized spacial score (nSPS) is 11.7. The topological polar surface area (TPSA) is 58.6 Å². The number of carbonyl (C=O) groups is 1. The first-order valence-corrected chi connectivity index (χ1v) is 10.9. The first kappa shape index (κ1) is 26.3. The zero-order valence-corrected chi connectivity index (χ0v) is 20.4. The molecule has 4 heteroatoms. The fourth-order valence-corrected chi connectivity index (χ4v) is 3.34. The lowest BCUT2D eigenvalue weighted by molar-refractivity contribution is 0.101. The number of Topliss-reactive ketones (excluding diaryl/α,β-unsaturated/α-hetero) is 1. The maximum atomic E-state index is 10.7. The van der Waals surface area contributed by atoms with Gasteiger partial charge in [-0.1, -0.05) is 45.8 Å². The first-order chi connectivity index (χ1) is 14.5. The van der Waals surface area contributed by atoms with Crippen LogP contribution in [-0.4, -0.2) is 25.0 Å². The molecule has 0 saturated carbocycles. The van der Waals surface area contributed by atoms with Gasteiger partial charge in [0.15, 0.2) is 5.78 Å². The highest BCUT2D eigenvalue weighted by atomic mass is 16.5. The first-order valence-electron chi connectivity index (χ1n) is 10.9. The van der Waals surface area contributed by atoms with Gasteiger partial charge in [0.2, 0.25) is 0 Å². The molecule has 0 aliphatic heterocycles. The number of benzene rings is 2. The predicted octanol–water partition coefficient (Wildman–Crippen LogP) is 7.34. The van der Waals surface area contributed by atoms with E-state index in [4.69, 9.17) is 9.84 Å². The lowest BCUT2D eigenvalue weighted by Crippen LogP contribution is -2.07. The van der Waals surface area contributed by atoms with Crippen molar-refractivity contribution in [2.75, 3.05) is 19.5 Å². The van der Waals surface area contributed by atoms with E-state index >= 15 is 0 Å². The van der Waals surface area contributed by atoms with E-state index in [9.17, 15) is 4.79 Å². The van der Waals surface area contributed by atoms with Crippen molar-refractivity contribution in [3.05, 3.63) is 59.2 Å². The molecule has 170 valence electrons. The van der Waals surface area contributed by atoms with Gasteiger partial charge < -0.3 is 15.2 Å². The van der Waals surface area contributed by atoms with Crippen LogP contribution in [0.3, 0.4) is 0 Å². The molecule has 2 aromatic rings. The molecule has 0 aliphatic rings. The van der Waals surface area contributed by atoms with Gasteiger partial charge in [-0.15, -0.1) is 0 Å². The van der Waals surface area contributed by atoms with E-state index in [1.165, 1.54) is 42.2 Å². The van der Waals surface area contributed by atoms with E-state index in [-0.39, 0.29) is 16.9 Å². The number of methoxy groups -OCH3 is 1. The molecule has 0 heterocycles. The number of aromatic hydroxyl groups is 1. The van der Waals surface area contributed by atoms with E-state index in [1.54, 1.807) is 19.2 Å². The molecule has 0 atom stereocenters. The van der Waals surface area contributed by atoms with E-state index in [1.807, 2.05) is 7.05 Å². The molecule has 0 bridgehead atoms. The van der Waals surface area contributed by atoms with Crippen LogP contribution < -0.4 is 10.1 Å². The average molecular weight is 426 g/mol. The maximum absolute atomic E-state index is 10.7. The number of phenols is 1. The van der Waals surface area contributed by atoms with E-state index in [2.05, 4.69) is 58.1 Å². The Morgan fingerprint density at radius 2 is 1.61 bits per heavy atom. The van der Waals surface area contributed by atoms with Crippen LogP contribution in [0.15, 0.2) is 48.0 Å². The third kappa shape index (κ3) is 8.87. The fraction of sp³-hybridized carbons (Fsp3) is 0.444. The minimum atomic E-state index is 0.0139. The average Bonchev–Trinajstić information content (AvgIpc) is 2.71. The van der Waals surface area contributed by atoms with Crippen molar-refractivity contribution < 1.29 is 14.6 Å². The van der Waals surface area contributed by atoms with Crippen LogP contribution in [0.25, 0.3) is 5.57 Å². The van der Waals surface area contributed by atoms with Crippen LogP contribution in [0.2, 0.25) is 0 Å². The summed E-state index contributed by atoms with van der Waals surface area (Å²) in [5.74, 6) is 1.11. The molecule has 2 rings (SSSR count). The Morgan fingerprint density at radius 1 is 1.03 bits per heavy atom. The summed E-state index contributed by atoms with van der Waals surface area (Å²) in [7, 11) is 3.65. The summed E-state index contributed by atoms with van der Waals surface area (Å²) in [5.41, 5.74) is 6.17. The van der Waals surface area contributed by atoms with Crippen molar-refractivity contribution in [3.8, 4) is 11.5 Å². The van der Waals surface area contributed by atoms with Crippen LogP contribution in [-0.2, 0) is 0 Å². The van der Waals surface area contributed by atoms with Crippen molar-refractivity contribution in [3.63, 3.8) is 0 Å². The van der Waals surface area contributed by atoms with E-state index in [0.717, 1.165) is 24.3 Å². The third-order valence-corrected chi connectivity index (χ3v) is 4.94. The zero-order valence-electron chi connectivity index (χ0n) is 20.4. The molecule has 2 aromatic carbocycles. The maximum Gasteiger partial charge on any atom is 0.159 e. The molecular weight excluding hydrogens is 386 g/mol. The number of anilines is 1. The molecule has 2 N–H and O–H groups in total. The lowest BCUT2D eigenvalue weighted by Gasteiger charge is -2.23. The number of nitrogens with one attached hydrogen (secondary N) is 1. The Morgan fingerprint density at radius 3 is 2.06 bits per heavy atom. The van der Waals surface area contributed by atoms with E-state index < -0.39 is 0 Å². The predicted molar refractivity (Wildman–Crippen MR) is 132 cm³/mol. The SMILES string of the molecule is CC(=O)c1ccc(O)cc1.CCC/C(C)=C(/CC(C)(C)C)c1ccc(NC)c(OC)c1. The summed E-state index contributed by atoms with van der Waals surface area (Å²) in [6.45, 7) is 12.9. The summed E-state index contributed by atoms with van der Waals surface area (Å²) in [6, 6.07) is 12.7. The van der Waals surface area contributed by atoms with Gasteiger partial charge in [-0.3, -0.25) is 4.79 Å². The molecule has 0 radical (unpaired) electrons. The molecule has 0 fully saturated rings. The number of hydrogen-bond acceptors (Lipinski definition) is 4. The summed E-state index contributed by atoms with van der Waals surface area (Å²) < 4.78 is 5.51. The summed E-state index contributed by atoms with van der Waals surface area (Å²) in [4.78, 5) is 10.7. The molecular formula is C27H39NO3. The molecule has 0 amide bonds. The Labute approximate surface area is 188 Å². The van der Waals surface area contributed by atoms with Crippen molar-refractivity contribution in [1.29, 1.82) is 0 Å². The molecule has 4 nitrogen and oxygen atoms in total. The number of carbonyl (C=O) groups excluding carboxylic acids is 1. The smallest absolute Gasteiger partial charge is 0.159 e. The molecule has 0 aromatic heterocycles. The lowest BCUT2D eigenvalue weighted by atomic mass is 9.82. The van der Waals surface area contributed by atoms with Gasteiger partial charge in [0.05, 0.1) is 12.8 Å². The van der Waals surface area contributed by atoms with Crippen LogP contribution in [0.5, 0.6) is 11.5 Å². The highest BCUT2D eigenvalue weighted by Gasteiger charge is 2.17. The van der Waals surface area contributed by atoms with Crippen molar-refractivity contribution in [2.24, 2.45) is 5.41 Å². The second-order valence-electron chi connectivity index (χ2n) is 9.01. The van der Waals surface area contributed by atoms with Gasteiger partial charge in [-0.25, -0.2) is 0 Å². The van der Waals surface area contributed by atoms with E-state index in [0.29, 0.717) is 5.56 Å². The van der Waals surface area contributed by atoms with Crippen molar-refractivity contribution in [2.45, 2.75) is 60.8 Å². The monoisotopic (exact) mass is 425 g/mol. The third-order valence-electron chi connectivity index (χ3n) is 4.94. The standard InChI is InChI=1S/C19H31NO.C8H8O2/c1-8-9-14(2)16(13-19(3,4)5)15-10-11-17(20-6)18(12-15)21-7;1-6(9)7-2-4-8(10)5-3-7/h10-12,20H,8-9,13H2,1-7H3;2-5,10H,1H3/b16-14-;. The minimum absolute atomic E-state index is 0.0139. The zero-order chi connectivity index (χ0) is 23.6.